The predicted molar refractivity (Wildman–Crippen MR) is 80.3 cm³/mol. The summed E-state index contributed by atoms with van der Waals surface area (Å²) < 4.78 is 36.7. The molecule has 0 saturated heterocycles. The van der Waals surface area contributed by atoms with Crippen molar-refractivity contribution >= 4 is 34.1 Å². The Bertz CT molecular complexity index is 653. The van der Waals surface area contributed by atoms with Crippen LogP contribution in [0.3, 0.4) is 0 Å². The van der Waals surface area contributed by atoms with Crippen LogP contribution in [0.5, 0.6) is 0 Å². The maximum atomic E-state index is 12.2. The second-order valence-electron chi connectivity index (χ2n) is 4.63. The molecule has 0 aliphatic rings. The standard InChI is InChI=1S/C13H12F3N3OS2/c1-7(2)11-18-19-12(21-11)17-10(20)8-3-5-9(6-4-8)22-13(14,15)16/h3-7H,1-2H3,(H,17,19,20). The fourth-order valence-corrected chi connectivity index (χ4v) is 2.78. The summed E-state index contributed by atoms with van der Waals surface area (Å²) >= 11 is 1.05. The van der Waals surface area contributed by atoms with E-state index in [-0.39, 0.29) is 28.1 Å². The highest BCUT2D eigenvalue weighted by atomic mass is 32.2. The molecule has 4 nitrogen and oxygen atoms in total. The minimum absolute atomic E-state index is 0.0297. The lowest BCUT2D eigenvalue weighted by atomic mass is 10.2. The van der Waals surface area contributed by atoms with Crippen molar-refractivity contribution in [2.24, 2.45) is 0 Å². The van der Waals surface area contributed by atoms with Gasteiger partial charge in [-0.3, -0.25) is 10.1 Å². The number of thioether (sulfide) groups is 1. The first-order valence-corrected chi connectivity index (χ1v) is 7.88. The third-order valence-corrected chi connectivity index (χ3v) is 4.38. The highest BCUT2D eigenvalue weighted by Gasteiger charge is 2.29. The van der Waals surface area contributed by atoms with Crippen molar-refractivity contribution < 1.29 is 18.0 Å². The van der Waals surface area contributed by atoms with Crippen LogP contribution >= 0.6 is 23.1 Å². The van der Waals surface area contributed by atoms with Crippen molar-refractivity contribution in [3.8, 4) is 0 Å². The number of amides is 1. The molecule has 1 aromatic carbocycles. The number of alkyl halides is 3. The van der Waals surface area contributed by atoms with Gasteiger partial charge in [0.05, 0.1) is 0 Å². The lowest BCUT2D eigenvalue weighted by Gasteiger charge is -2.06. The van der Waals surface area contributed by atoms with E-state index in [1.54, 1.807) is 0 Å². The first kappa shape index (κ1) is 16.8. The van der Waals surface area contributed by atoms with Crippen LogP contribution in [0.15, 0.2) is 29.2 Å². The van der Waals surface area contributed by atoms with Gasteiger partial charge >= 0.3 is 5.51 Å². The predicted octanol–water partition coefficient (Wildman–Crippen LogP) is 4.53. The number of anilines is 1. The molecule has 22 heavy (non-hydrogen) atoms. The molecule has 1 amide bonds. The number of nitrogens with one attached hydrogen (secondary N) is 1. The van der Waals surface area contributed by atoms with Crippen molar-refractivity contribution in [2.45, 2.75) is 30.2 Å². The number of benzene rings is 1. The number of rotatable bonds is 4. The number of hydrogen-bond acceptors (Lipinski definition) is 5. The number of carbonyl (C=O) groups excluding carboxylic acids is 1. The zero-order chi connectivity index (χ0) is 16.3. The second-order valence-corrected chi connectivity index (χ2v) is 6.77. The molecule has 0 fully saturated rings. The van der Waals surface area contributed by atoms with Gasteiger partial charge in [-0.05, 0) is 36.0 Å². The maximum Gasteiger partial charge on any atom is 0.446 e. The molecule has 2 aromatic rings. The summed E-state index contributed by atoms with van der Waals surface area (Å²) in [5, 5.41) is 11.5. The van der Waals surface area contributed by atoms with Gasteiger partial charge in [0, 0.05) is 16.4 Å². The number of carbonyl (C=O) groups is 1. The van der Waals surface area contributed by atoms with E-state index in [0.29, 0.717) is 5.13 Å². The molecule has 0 aliphatic carbocycles. The van der Waals surface area contributed by atoms with E-state index in [2.05, 4.69) is 15.5 Å². The van der Waals surface area contributed by atoms with E-state index >= 15 is 0 Å². The van der Waals surface area contributed by atoms with Crippen LogP contribution < -0.4 is 5.32 Å². The number of aromatic nitrogens is 2. The van der Waals surface area contributed by atoms with Crippen LogP contribution in [0, 0.1) is 0 Å². The minimum Gasteiger partial charge on any atom is -0.296 e. The fourth-order valence-electron chi connectivity index (χ4n) is 1.50. The van der Waals surface area contributed by atoms with Crippen LogP contribution in [0.25, 0.3) is 0 Å². The van der Waals surface area contributed by atoms with Crippen LogP contribution in [0.4, 0.5) is 18.3 Å². The topological polar surface area (TPSA) is 54.9 Å². The van der Waals surface area contributed by atoms with Crippen LogP contribution in [0.2, 0.25) is 0 Å². The largest absolute Gasteiger partial charge is 0.446 e. The highest BCUT2D eigenvalue weighted by molar-refractivity contribution is 8.00. The summed E-state index contributed by atoms with van der Waals surface area (Å²) in [6.07, 6.45) is 0. The summed E-state index contributed by atoms with van der Waals surface area (Å²) in [6, 6.07) is 5.20. The van der Waals surface area contributed by atoms with Crippen molar-refractivity contribution in [3.05, 3.63) is 34.8 Å². The molecule has 0 atom stereocenters. The molecule has 0 unspecified atom stereocenters. The quantitative estimate of drug-likeness (QED) is 0.826. The molecule has 118 valence electrons. The molecule has 0 bridgehead atoms. The zero-order valence-electron chi connectivity index (χ0n) is 11.6. The molecule has 0 spiro atoms. The number of nitrogens with zero attached hydrogens (tertiary/aromatic N) is 2. The van der Waals surface area contributed by atoms with Crippen molar-refractivity contribution in [1.82, 2.24) is 10.2 Å². The Morgan fingerprint density at radius 1 is 1.23 bits per heavy atom. The SMILES string of the molecule is CC(C)c1nnc(NC(=O)c2ccc(SC(F)(F)F)cc2)s1. The average Bonchev–Trinajstić information content (AvgIpc) is 2.86. The van der Waals surface area contributed by atoms with E-state index in [1.165, 1.54) is 35.6 Å². The van der Waals surface area contributed by atoms with Gasteiger partial charge in [-0.1, -0.05) is 25.2 Å². The summed E-state index contributed by atoms with van der Waals surface area (Å²) in [5.74, 6) is -0.225. The monoisotopic (exact) mass is 347 g/mol. The molecule has 9 heteroatoms. The normalized spacial score (nSPS) is 11.7. The number of hydrogen-bond donors (Lipinski definition) is 1. The molecule has 0 saturated carbocycles. The van der Waals surface area contributed by atoms with Crippen LogP contribution in [-0.2, 0) is 0 Å². The second kappa shape index (κ2) is 6.66. The van der Waals surface area contributed by atoms with Gasteiger partial charge in [0.2, 0.25) is 5.13 Å². The third-order valence-electron chi connectivity index (χ3n) is 2.51. The molecule has 1 aromatic heterocycles. The Hall–Kier alpha value is -1.61. The molecular formula is C13H12F3N3OS2. The van der Waals surface area contributed by atoms with Gasteiger partial charge < -0.3 is 0 Å². The van der Waals surface area contributed by atoms with Gasteiger partial charge in [-0.2, -0.15) is 13.2 Å². The van der Waals surface area contributed by atoms with Gasteiger partial charge in [0.15, 0.2) is 0 Å². The van der Waals surface area contributed by atoms with E-state index in [0.717, 1.165) is 5.01 Å². The summed E-state index contributed by atoms with van der Waals surface area (Å²) in [7, 11) is 0. The Balaban J connectivity index is 2.03. The Morgan fingerprint density at radius 2 is 1.86 bits per heavy atom. The molecule has 0 aliphatic heterocycles. The Kier molecular flexibility index (Phi) is 5.07. The zero-order valence-corrected chi connectivity index (χ0v) is 13.3. The smallest absolute Gasteiger partial charge is 0.296 e. The van der Waals surface area contributed by atoms with Gasteiger partial charge in [-0.25, -0.2) is 0 Å². The van der Waals surface area contributed by atoms with Crippen molar-refractivity contribution in [3.63, 3.8) is 0 Å². The van der Waals surface area contributed by atoms with Crippen LogP contribution in [0.1, 0.15) is 35.1 Å². The Labute approximate surface area is 133 Å². The van der Waals surface area contributed by atoms with Gasteiger partial charge in [0.1, 0.15) is 5.01 Å². The van der Waals surface area contributed by atoms with E-state index in [4.69, 9.17) is 0 Å². The summed E-state index contributed by atoms with van der Waals surface area (Å²) in [6.45, 7) is 3.92. The highest BCUT2D eigenvalue weighted by Crippen LogP contribution is 2.36. The molecule has 0 radical (unpaired) electrons. The van der Waals surface area contributed by atoms with Crippen LogP contribution in [-0.4, -0.2) is 21.6 Å². The van der Waals surface area contributed by atoms with Gasteiger partial charge in [-0.15, -0.1) is 10.2 Å². The lowest BCUT2D eigenvalue weighted by molar-refractivity contribution is -0.0328. The maximum absolute atomic E-state index is 12.2. The summed E-state index contributed by atoms with van der Waals surface area (Å²) in [4.78, 5) is 12.0. The first-order valence-electron chi connectivity index (χ1n) is 6.25. The molecule has 2 rings (SSSR count). The molecular weight excluding hydrogens is 335 g/mol. The molecule has 1 heterocycles. The van der Waals surface area contributed by atoms with Gasteiger partial charge in [0.25, 0.3) is 5.91 Å². The minimum atomic E-state index is -4.34. The first-order chi connectivity index (χ1) is 10.2. The average molecular weight is 347 g/mol. The van der Waals surface area contributed by atoms with E-state index in [1.807, 2.05) is 13.8 Å². The Morgan fingerprint density at radius 3 is 2.36 bits per heavy atom. The van der Waals surface area contributed by atoms with Crippen molar-refractivity contribution in [2.75, 3.05) is 5.32 Å². The third kappa shape index (κ3) is 4.70. The lowest BCUT2D eigenvalue weighted by Crippen LogP contribution is -2.11. The summed E-state index contributed by atoms with van der Waals surface area (Å²) in [5.41, 5.74) is -4.09. The number of halogens is 3. The fraction of sp³-hybridized carbons (Fsp3) is 0.308. The van der Waals surface area contributed by atoms with E-state index in [9.17, 15) is 18.0 Å². The van der Waals surface area contributed by atoms with E-state index < -0.39 is 11.4 Å². The van der Waals surface area contributed by atoms with Crippen molar-refractivity contribution in [1.29, 1.82) is 0 Å². The molecule has 1 N–H and O–H groups in total.